The summed E-state index contributed by atoms with van der Waals surface area (Å²) in [6.45, 7) is 8.63. The molecule has 0 unspecified atom stereocenters. The Balaban J connectivity index is 2.71. The van der Waals surface area contributed by atoms with Gasteiger partial charge < -0.3 is 4.43 Å². The molecule has 0 aliphatic rings. The van der Waals surface area contributed by atoms with E-state index in [2.05, 4.69) is 38.7 Å². The number of hydrogen-bond acceptors (Lipinski definition) is 1. The van der Waals surface area contributed by atoms with Crippen LogP contribution in [0.2, 0.25) is 19.6 Å². The van der Waals surface area contributed by atoms with Crippen LogP contribution in [0, 0.1) is 0 Å². The lowest BCUT2D eigenvalue weighted by Crippen LogP contribution is -2.22. The van der Waals surface area contributed by atoms with Gasteiger partial charge in [0.15, 0.2) is 0 Å². The second-order valence-electron chi connectivity index (χ2n) is 4.40. The molecule has 0 aliphatic carbocycles. The average Bonchev–Trinajstić information content (AvgIpc) is 2.14. The largest absolute Gasteiger partial charge is 0.549 e. The van der Waals surface area contributed by atoms with Crippen LogP contribution in [0.3, 0.4) is 0 Å². The van der Waals surface area contributed by atoms with E-state index >= 15 is 0 Å². The van der Waals surface area contributed by atoms with E-state index in [-0.39, 0.29) is 0 Å². The van der Waals surface area contributed by atoms with Crippen molar-refractivity contribution in [3.8, 4) is 0 Å². The Morgan fingerprint density at radius 3 is 2.21 bits per heavy atom. The summed E-state index contributed by atoms with van der Waals surface area (Å²) in [5, 5.41) is 0. The molecule has 0 fully saturated rings. The van der Waals surface area contributed by atoms with Crippen molar-refractivity contribution in [1.29, 1.82) is 0 Å². The van der Waals surface area contributed by atoms with Crippen molar-refractivity contribution >= 4 is 13.9 Å². The van der Waals surface area contributed by atoms with Gasteiger partial charge in [0.1, 0.15) is 0 Å². The SMILES string of the molecule is C/C(=C/O[Si](C)(C)C)c1ccccc1. The average molecular weight is 206 g/mol. The minimum absolute atomic E-state index is 1.19. The second-order valence-corrected chi connectivity index (χ2v) is 8.86. The molecule has 1 aromatic rings. The molecule has 0 spiro atoms. The van der Waals surface area contributed by atoms with Crippen molar-refractivity contribution in [2.75, 3.05) is 0 Å². The molecule has 0 heterocycles. The maximum atomic E-state index is 5.72. The molecule has 0 aromatic heterocycles. The molecule has 0 aliphatic heterocycles. The predicted molar refractivity (Wildman–Crippen MR) is 64.5 cm³/mol. The lowest BCUT2D eigenvalue weighted by Gasteiger charge is -2.16. The second kappa shape index (κ2) is 4.47. The zero-order valence-electron chi connectivity index (χ0n) is 9.37. The molecule has 0 N–H and O–H groups in total. The molecule has 0 radical (unpaired) electrons. The van der Waals surface area contributed by atoms with Gasteiger partial charge in [-0.25, -0.2) is 0 Å². The molecule has 1 aromatic carbocycles. The first-order valence-electron chi connectivity index (χ1n) is 4.89. The van der Waals surface area contributed by atoms with Gasteiger partial charge in [0, 0.05) is 0 Å². The Labute approximate surface area is 87.5 Å². The number of benzene rings is 1. The third kappa shape index (κ3) is 3.79. The lowest BCUT2D eigenvalue weighted by molar-refractivity contribution is 0.481. The highest BCUT2D eigenvalue weighted by Gasteiger charge is 2.13. The van der Waals surface area contributed by atoms with E-state index in [4.69, 9.17) is 4.43 Å². The van der Waals surface area contributed by atoms with Crippen LogP contribution in [-0.4, -0.2) is 8.32 Å². The Kier molecular flexibility index (Phi) is 3.53. The third-order valence-electron chi connectivity index (χ3n) is 1.82. The quantitative estimate of drug-likeness (QED) is 0.538. The highest BCUT2D eigenvalue weighted by atomic mass is 28.4. The van der Waals surface area contributed by atoms with Crippen LogP contribution in [0.25, 0.3) is 5.57 Å². The van der Waals surface area contributed by atoms with Crippen LogP contribution in [0.4, 0.5) is 0 Å². The lowest BCUT2D eigenvalue weighted by atomic mass is 10.1. The van der Waals surface area contributed by atoms with Crippen LogP contribution in [0.1, 0.15) is 12.5 Å². The van der Waals surface area contributed by atoms with Crippen LogP contribution < -0.4 is 0 Å². The van der Waals surface area contributed by atoms with E-state index in [1.807, 2.05) is 24.5 Å². The van der Waals surface area contributed by atoms with Crippen molar-refractivity contribution in [2.24, 2.45) is 0 Å². The van der Waals surface area contributed by atoms with Crippen LogP contribution in [0.15, 0.2) is 36.6 Å². The van der Waals surface area contributed by atoms with Crippen molar-refractivity contribution in [3.05, 3.63) is 42.2 Å². The Morgan fingerprint density at radius 2 is 1.71 bits per heavy atom. The summed E-state index contributed by atoms with van der Waals surface area (Å²) in [6, 6.07) is 10.3. The maximum absolute atomic E-state index is 5.72. The van der Waals surface area contributed by atoms with Crippen LogP contribution >= 0.6 is 0 Å². The Bertz CT molecular complexity index is 309. The molecule has 14 heavy (non-hydrogen) atoms. The van der Waals surface area contributed by atoms with Gasteiger partial charge in [-0.1, -0.05) is 30.3 Å². The van der Waals surface area contributed by atoms with Crippen molar-refractivity contribution in [1.82, 2.24) is 0 Å². The monoisotopic (exact) mass is 206 g/mol. The molecule has 0 atom stereocenters. The Hall–Kier alpha value is -1.02. The molecule has 0 bridgehead atoms. The van der Waals surface area contributed by atoms with E-state index in [0.717, 1.165) is 0 Å². The predicted octanol–water partition coefficient (Wildman–Crippen LogP) is 3.90. The van der Waals surface area contributed by atoms with Gasteiger partial charge in [0.2, 0.25) is 8.32 Å². The number of rotatable bonds is 3. The summed E-state index contributed by atoms with van der Waals surface area (Å²) in [6.07, 6.45) is 1.89. The third-order valence-corrected chi connectivity index (χ3v) is 2.64. The van der Waals surface area contributed by atoms with Gasteiger partial charge in [-0.15, -0.1) is 0 Å². The highest BCUT2D eigenvalue weighted by molar-refractivity contribution is 6.69. The first-order valence-corrected chi connectivity index (χ1v) is 8.30. The zero-order chi connectivity index (χ0) is 10.6. The first kappa shape index (κ1) is 11.1. The van der Waals surface area contributed by atoms with E-state index in [1.54, 1.807) is 0 Å². The van der Waals surface area contributed by atoms with Gasteiger partial charge in [0.05, 0.1) is 6.26 Å². The first-order chi connectivity index (χ1) is 6.49. The number of hydrogen-bond donors (Lipinski definition) is 0. The molecule has 76 valence electrons. The minimum Gasteiger partial charge on any atom is -0.549 e. The summed E-state index contributed by atoms with van der Waals surface area (Å²) in [7, 11) is -1.43. The molecule has 1 rings (SSSR count). The molecule has 2 heteroatoms. The summed E-state index contributed by atoms with van der Waals surface area (Å²) in [4.78, 5) is 0. The number of allylic oxidation sites excluding steroid dienone is 1. The molecule has 0 saturated carbocycles. The van der Waals surface area contributed by atoms with Crippen molar-refractivity contribution in [3.63, 3.8) is 0 Å². The van der Waals surface area contributed by atoms with Gasteiger partial charge in [0.25, 0.3) is 0 Å². The standard InChI is InChI=1S/C12H18OSi/c1-11(10-13-14(2,3)4)12-8-6-5-7-9-12/h5-10H,1-4H3/b11-10-. The highest BCUT2D eigenvalue weighted by Crippen LogP contribution is 2.14. The van der Waals surface area contributed by atoms with E-state index in [0.29, 0.717) is 0 Å². The van der Waals surface area contributed by atoms with E-state index in [9.17, 15) is 0 Å². The Morgan fingerprint density at radius 1 is 1.14 bits per heavy atom. The van der Waals surface area contributed by atoms with Gasteiger partial charge in [-0.2, -0.15) is 0 Å². The van der Waals surface area contributed by atoms with Gasteiger partial charge in [-0.05, 0) is 37.7 Å². The zero-order valence-corrected chi connectivity index (χ0v) is 10.4. The summed E-state index contributed by atoms with van der Waals surface area (Å²) in [5.41, 5.74) is 2.42. The summed E-state index contributed by atoms with van der Waals surface area (Å²) in [5.74, 6) is 0. The topological polar surface area (TPSA) is 9.23 Å². The van der Waals surface area contributed by atoms with E-state index in [1.165, 1.54) is 11.1 Å². The summed E-state index contributed by atoms with van der Waals surface area (Å²) >= 11 is 0. The molecule has 0 saturated heterocycles. The van der Waals surface area contributed by atoms with Crippen LogP contribution in [0.5, 0.6) is 0 Å². The van der Waals surface area contributed by atoms with Crippen molar-refractivity contribution < 1.29 is 4.43 Å². The fourth-order valence-corrected chi connectivity index (χ4v) is 1.56. The van der Waals surface area contributed by atoms with Gasteiger partial charge >= 0.3 is 0 Å². The molecular formula is C12H18OSi. The maximum Gasteiger partial charge on any atom is 0.241 e. The normalized spacial score (nSPS) is 12.7. The fourth-order valence-electron chi connectivity index (χ4n) is 1.03. The molecule has 0 amide bonds. The molecule has 1 nitrogen and oxygen atoms in total. The molecular weight excluding hydrogens is 188 g/mol. The van der Waals surface area contributed by atoms with Crippen molar-refractivity contribution in [2.45, 2.75) is 26.6 Å². The minimum atomic E-state index is -1.43. The smallest absolute Gasteiger partial charge is 0.241 e. The summed E-state index contributed by atoms with van der Waals surface area (Å²) < 4.78 is 5.72. The fraction of sp³-hybridized carbons (Fsp3) is 0.333. The van der Waals surface area contributed by atoms with E-state index < -0.39 is 8.32 Å². The van der Waals surface area contributed by atoms with Crippen LogP contribution in [-0.2, 0) is 4.43 Å². The van der Waals surface area contributed by atoms with Gasteiger partial charge in [-0.3, -0.25) is 0 Å².